The van der Waals surface area contributed by atoms with E-state index in [2.05, 4.69) is 91.5 Å². The number of alkyl halides is 1. The lowest BCUT2D eigenvalue weighted by Gasteiger charge is -2.26. The lowest BCUT2D eigenvalue weighted by Crippen LogP contribution is -2.10. The average Bonchev–Trinajstić information content (AvgIpc) is 2.55. The predicted molar refractivity (Wildman–Crippen MR) is 100 cm³/mol. The Hall–Kier alpha value is -2.25. The second-order valence-corrected chi connectivity index (χ2v) is 6.08. The third kappa shape index (κ3) is 3.57. The van der Waals surface area contributed by atoms with Crippen molar-refractivity contribution in [2.45, 2.75) is 19.7 Å². The van der Waals surface area contributed by atoms with E-state index < -0.39 is 0 Å². The van der Waals surface area contributed by atoms with Gasteiger partial charge in [0, 0.05) is 22.9 Å². The predicted octanol–water partition coefficient (Wildman–Crippen LogP) is 6.51. The van der Waals surface area contributed by atoms with E-state index in [9.17, 15) is 0 Å². The summed E-state index contributed by atoms with van der Waals surface area (Å²) in [6.45, 7) is 4.24. The number of hydrogen-bond donors (Lipinski definition) is 0. The van der Waals surface area contributed by atoms with Crippen LogP contribution in [0.2, 0.25) is 0 Å². The number of halogens is 1. The molecule has 2 heteroatoms. The Bertz CT molecular complexity index is 765. The number of nitrogens with zero attached hydrogens (tertiary/aromatic N) is 1. The van der Waals surface area contributed by atoms with Crippen molar-refractivity contribution in [2.75, 3.05) is 4.90 Å². The van der Waals surface area contributed by atoms with Crippen LogP contribution in [-0.2, 0) is 5.88 Å². The van der Waals surface area contributed by atoms with E-state index >= 15 is 0 Å². The highest BCUT2D eigenvalue weighted by Gasteiger charge is 2.13. The van der Waals surface area contributed by atoms with Gasteiger partial charge in [0.15, 0.2) is 0 Å². The van der Waals surface area contributed by atoms with Gasteiger partial charge in [-0.3, -0.25) is 0 Å². The fourth-order valence-corrected chi connectivity index (χ4v) is 2.93. The maximum atomic E-state index is 6.03. The molecule has 0 fully saturated rings. The van der Waals surface area contributed by atoms with Gasteiger partial charge in [-0.2, -0.15) is 0 Å². The van der Waals surface area contributed by atoms with Crippen LogP contribution in [0.3, 0.4) is 0 Å². The van der Waals surface area contributed by atoms with E-state index in [1.54, 1.807) is 0 Å². The highest BCUT2D eigenvalue weighted by molar-refractivity contribution is 6.17. The maximum absolute atomic E-state index is 6.03. The van der Waals surface area contributed by atoms with Crippen molar-refractivity contribution in [2.24, 2.45) is 0 Å². The monoisotopic (exact) mass is 321 g/mol. The van der Waals surface area contributed by atoms with Gasteiger partial charge in [-0.05, 0) is 66.9 Å². The molecule has 116 valence electrons. The van der Waals surface area contributed by atoms with E-state index in [0.29, 0.717) is 5.88 Å². The first kappa shape index (κ1) is 15.6. The van der Waals surface area contributed by atoms with Crippen molar-refractivity contribution in [1.82, 2.24) is 0 Å². The molecule has 0 bridgehead atoms. The molecule has 0 radical (unpaired) electrons. The molecule has 0 aliphatic carbocycles. The summed E-state index contributed by atoms with van der Waals surface area (Å²) in [6, 6.07) is 25.5. The van der Waals surface area contributed by atoms with Crippen molar-refractivity contribution >= 4 is 28.7 Å². The molecule has 0 heterocycles. The average molecular weight is 322 g/mol. The number of benzene rings is 3. The molecule has 3 aromatic rings. The first-order valence-electron chi connectivity index (χ1n) is 7.76. The summed E-state index contributed by atoms with van der Waals surface area (Å²) in [5, 5.41) is 0. The Morgan fingerprint density at radius 2 is 1.17 bits per heavy atom. The van der Waals surface area contributed by atoms with Gasteiger partial charge < -0.3 is 4.90 Å². The fraction of sp³-hybridized carbons (Fsp3) is 0.143. The minimum atomic E-state index is 0.517. The normalized spacial score (nSPS) is 10.6. The van der Waals surface area contributed by atoms with Crippen LogP contribution in [0.4, 0.5) is 17.1 Å². The molecule has 0 unspecified atom stereocenters. The number of anilines is 3. The van der Waals surface area contributed by atoms with Gasteiger partial charge in [-0.25, -0.2) is 0 Å². The Morgan fingerprint density at radius 1 is 0.696 bits per heavy atom. The van der Waals surface area contributed by atoms with E-state index in [-0.39, 0.29) is 0 Å². The molecule has 0 aromatic heterocycles. The topological polar surface area (TPSA) is 3.24 Å². The first-order valence-corrected chi connectivity index (χ1v) is 8.29. The molecule has 0 atom stereocenters. The van der Waals surface area contributed by atoms with Crippen molar-refractivity contribution in [3.63, 3.8) is 0 Å². The highest BCUT2D eigenvalue weighted by Crippen LogP contribution is 2.35. The molecule has 1 nitrogen and oxygen atoms in total. The molecule has 3 aromatic carbocycles. The van der Waals surface area contributed by atoms with Gasteiger partial charge in [0.25, 0.3) is 0 Å². The Labute approximate surface area is 143 Å². The van der Waals surface area contributed by atoms with E-state index in [1.165, 1.54) is 11.1 Å². The molecule has 0 saturated heterocycles. The standard InChI is InChI=1S/C21H20ClN/c1-16-6-3-9-19(12-16)23(20-10-4-7-17(2)13-20)21-11-5-8-18(14-21)15-22/h3-14H,15H2,1-2H3. The minimum absolute atomic E-state index is 0.517. The first-order chi connectivity index (χ1) is 11.2. The van der Waals surface area contributed by atoms with Crippen LogP contribution < -0.4 is 4.90 Å². The summed E-state index contributed by atoms with van der Waals surface area (Å²) in [5.74, 6) is 0.517. The second-order valence-electron chi connectivity index (χ2n) is 5.82. The smallest absolute Gasteiger partial charge is 0.0474 e. The largest absolute Gasteiger partial charge is 0.310 e. The van der Waals surface area contributed by atoms with Crippen LogP contribution in [0.1, 0.15) is 16.7 Å². The Kier molecular flexibility index (Phi) is 4.68. The highest BCUT2D eigenvalue weighted by atomic mass is 35.5. The maximum Gasteiger partial charge on any atom is 0.0474 e. The summed E-state index contributed by atoms with van der Waals surface area (Å²) in [4.78, 5) is 2.27. The third-order valence-corrected chi connectivity index (χ3v) is 4.15. The molecule has 23 heavy (non-hydrogen) atoms. The molecule has 0 N–H and O–H groups in total. The van der Waals surface area contributed by atoms with Crippen LogP contribution in [0.15, 0.2) is 72.8 Å². The third-order valence-electron chi connectivity index (χ3n) is 3.84. The summed E-state index contributed by atoms with van der Waals surface area (Å²) in [6.07, 6.45) is 0. The quantitative estimate of drug-likeness (QED) is 0.495. The van der Waals surface area contributed by atoms with Crippen LogP contribution in [0, 0.1) is 13.8 Å². The van der Waals surface area contributed by atoms with E-state index in [4.69, 9.17) is 11.6 Å². The fourth-order valence-electron chi connectivity index (χ4n) is 2.76. The molecule has 0 aliphatic rings. The number of hydrogen-bond acceptors (Lipinski definition) is 1. The Morgan fingerprint density at radius 3 is 1.65 bits per heavy atom. The molecule has 3 rings (SSSR count). The van der Waals surface area contributed by atoms with Crippen molar-refractivity contribution in [3.05, 3.63) is 89.5 Å². The van der Waals surface area contributed by atoms with Gasteiger partial charge >= 0.3 is 0 Å². The van der Waals surface area contributed by atoms with Crippen LogP contribution in [0.25, 0.3) is 0 Å². The summed E-state index contributed by atoms with van der Waals surface area (Å²) < 4.78 is 0. The lowest BCUT2D eigenvalue weighted by atomic mass is 10.1. The van der Waals surface area contributed by atoms with Crippen molar-refractivity contribution < 1.29 is 0 Å². The van der Waals surface area contributed by atoms with Crippen molar-refractivity contribution in [1.29, 1.82) is 0 Å². The van der Waals surface area contributed by atoms with Gasteiger partial charge in [-0.15, -0.1) is 11.6 Å². The van der Waals surface area contributed by atoms with Crippen LogP contribution in [0.5, 0.6) is 0 Å². The number of rotatable bonds is 4. The van der Waals surface area contributed by atoms with Gasteiger partial charge in [0.2, 0.25) is 0 Å². The van der Waals surface area contributed by atoms with Crippen LogP contribution in [-0.4, -0.2) is 0 Å². The molecular weight excluding hydrogens is 302 g/mol. The summed E-state index contributed by atoms with van der Waals surface area (Å²) >= 11 is 6.03. The van der Waals surface area contributed by atoms with Gasteiger partial charge in [0.05, 0.1) is 0 Å². The molecule has 0 aliphatic heterocycles. The number of aryl methyl sites for hydroxylation is 2. The molecule has 0 spiro atoms. The van der Waals surface area contributed by atoms with Gasteiger partial charge in [-0.1, -0.05) is 36.4 Å². The zero-order valence-electron chi connectivity index (χ0n) is 13.5. The summed E-state index contributed by atoms with van der Waals surface area (Å²) in [5.41, 5.74) is 7.04. The van der Waals surface area contributed by atoms with E-state index in [0.717, 1.165) is 22.6 Å². The minimum Gasteiger partial charge on any atom is -0.310 e. The molecular formula is C21H20ClN. The van der Waals surface area contributed by atoms with Crippen LogP contribution >= 0.6 is 11.6 Å². The van der Waals surface area contributed by atoms with Gasteiger partial charge in [0.1, 0.15) is 0 Å². The second kappa shape index (κ2) is 6.89. The SMILES string of the molecule is Cc1cccc(N(c2cccc(C)c2)c2cccc(CCl)c2)c1. The molecule has 0 saturated carbocycles. The molecule has 0 amide bonds. The Balaban J connectivity index is 2.17. The lowest BCUT2D eigenvalue weighted by molar-refractivity contribution is 1.25. The van der Waals surface area contributed by atoms with E-state index in [1.807, 2.05) is 0 Å². The summed E-state index contributed by atoms with van der Waals surface area (Å²) in [7, 11) is 0. The zero-order valence-corrected chi connectivity index (χ0v) is 14.2. The van der Waals surface area contributed by atoms with Crippen molar-refractivity contribution in [3.8, 4) is 0 Å². The zero-order chi connectivity index (χ0) is 16.2.